The fraction of sp³-hybridized carbons (Fsp3) is 0.333. The first-order chi connectivity index (χ1) is 13.1. The topological polar surface area (TPSA) is 58.4 Å². The van der Waals surface area contributed by atoms with Gasteiger partial charge in [0, 0.05) is 22.4 Å². The molecule has 2 aromatic heterocycles. The summed E-state index contributed by atoms with van der Waals surface area (Å²) in [6.45, 7) is 5.79. The Balaban J connectivity index is 1.61. The van der Waals surface area contributed by atoms with Crippen LogP contribution in [0.25, 0.3) is 11.1 Å². The number of amides is 1. The third-order valence-electron chi connectivity index (χ3n) is 5.10. The minimum Gasteiger partial charge on any atom is -0.387 e. The Labute approximate surface area is 162 Å². The molecule has 4 rings (SSSR count). The van der Waals surface area contributed by atoms with E-state index in [2.05, 4.69) is 24.2 Å². The van der Waals surface area contributed by atoms with Crippen LogP contribution < -0.4 is 0 Å². The van der Waals surface area contributed by atoms with Gasteiger partial charge in [-0.15, -0.1) is 11.3 Å². The molecule has 1 aromatic carbocycles. The first-order valence-corrected chi connectivity index (χ1v) is 10.1. The van der Waals surface area contributed by atoms with E-state index >= 15 is 0 Å². The number of hydrogen-bond donors (Lipinski definition) is 1. The maximum absolute atomic E-state index is 13.3. The SMILES string of the molecule is CC[C@H](O)c1cc2n(n1)CCN(C(=O)c1csc(C)c1-c1ccccc1)C2. The van der Waals surface area contributed by atoms with Crippen molar-refractivity contribution in [2.75, 3.05) is 6.54 Å². The van der Waals surface area contributed by atoms with Crippen molar-refractivity contribution in [3.05, 3.63) is 63.6 Å². The molecule has 3 aromatic rings. The van der Waals surface area contributed by atoms with Crippen LogP contribution in [0.15, 0.2) is 41.8 Å². The van der Waals surface area contributed by atoms with Crippen LogP contribution in [0, 0.1) is 6.92 Å². The zero-order valence-corrected chi connectivity index (χ0v) is 16.4. The van der Waals surface area contributed by atoms with Gasteiger partial charge in [-0.05, 0) is 25.0 Å². The largest absolute Gasteiger partial charge is 0.387 e. The van der Waals surface area contributed by atoms with Crippen LogP contribution >= 0.6 is 11.3 Å². The molecular weight excluding hydrogens is 358 g/mol. The molecule has 6 heteroatoms. The summed E-state index contributed by atoms with van der Waals surface area (Å²) < 4.78 is 1.91. The molecular formula is C21H23N3O2S. The highest BCUT2D eigenvalue weighted by Crippen LogP contribution is 2.33. The van der Waals surface area contributed by atoms with Crippen LogP contribution in [0.3, 0.4) is 0 Å². The van der Waals surface area contributed by atoms with Gasteiger partial charge in [-0.25, -0.2) is 0 Å². The maximum atomic E-state index is 13.3. The molecule has 1 aliphatic heterocycles. The summed E-state index contributed by atoms with van der Waals surface area (Å²) >= 11 is 1.62. The smallest absolute Gasteiger partial charge is 0.255 e. The molecule has 0 spiro atoms. The maximum Gasteiger partial charge on any atom is 0.255 e. The normalized spacial score (nSPS) is 14.9. The quantitative estimate of drug-likeness (QED) is 0.743. The molecule has 140 valence electrons. The Morgan fingerprint density at radius 2 is 2.07 bits per heavy atom. The van der Waals surface area contributed by atoms with E-state index in [-0.39, 0.29) is 5.91 Å². The number of carbonyl (C=O) groups is 1. The highest BCUT2D eigenvalue weighted by atomic mass is 32.1. The molecule has 0 fully saturated rings. The number of aliphatic hydroxyl groups is 1. The summed E-state index contributed by atoms with van der Waals surface area (Å²) in [7, 11) is 0. The van der Waals surface area contributed by atoms with Crippen LogP contribution in [-0.2, 0) is 13.1 Å². The highest BCUT2D eigenvalue weighted by Gasteiger charge is 2.27. The van der Waals surface area contributed by atoms with E-state index in [4.69, 9.17) is 0 Å². The van der Waals surface area contributed by atoms with Crippen molar-refractivity contribution < 1.29 is 9.90 Å². The Kier molecular flexibility index (Phi) is 4.85. The zero-order chi connectivity index (χ0) is 19.0. The molecule has 0 radical (unpaired) electrons. The number of aryl methyl sites for hydroxylation is 1. The lowest BCUT2D eigenvalue weighted by atomic mass is 10.0. The van der Waals surface area contributed by atoms with Crippen LogP contribution in [0.4, 0.5) is 0 Å². The number of aromatic nitrogens is 2. The van der Waals surface area contributed by atoms with Crippen molar-refractivity contribution in [2.24, 2.45) is 0 Å². The molecule has 0 unspecified atom stereocenters. The lowest BCUT2D eigenvalue weighted by Gasteiger charge is -2.28. The minimum atomic E-state index is -0.545. The summed E-state index contributed by atoms with van der Waals surface area (Å²) in [5.41, 5.74) is 4.55. The number of hydrogen-bond acceptors (Lipinski definition) is 4. The van der Waals surface area contributed by atoms with Gasteiger partial charge >= 0.3 is 0 Å². The number of aliphatic hydroxyl groups excluding tert-OH is 1. The van der Waals surface area contributed by atoms with Crippen molar-refractivity contribution in [1.29, 1.82) is 0 Å². The monoisotopic (exact) mass is 381 g/mol. The van der Waals surface area contributed by atoms with Crippen molar-refractivity contribution in [3.63, 3.8) is 0 Å². The summed E-state index contributed by atoms with van der Waals surface area (Å²) in [6, 6.07) is 12.0. The Morgan fingerprint density at radius 3 is 2.81 bits per heavy atom. The van der Waals surface area contributed by atoms with Gasteiger partial charge < -0.3 is 10.0 Å². The Hall–Kier alpha value is -2.44. The number of rotatable bonds is 4. The third kappa shape index (κ3) is 3.31. The van der Waals surface area contributed by atoms with Gasteiger partial charge in [0.2, 0.25) is 0 Å². The summed E-state index contributed by atoms with van der Waals surface area (Å²) in [6.07, 6.45) is 0.0877. The number of thiophene rings is 1. The first-order valence-electron chi connectivity index (χ1n) is 9.26. The van der Waals surface area contributed by atoms with Gasteiger partial charge in [0.05, 0.1) is 36.1 Å². The van der Waals surface area contributed by atoms with Gasteiger partial charge in [0.1, 0.15) is 0 Å². The van der Waals surface area contributed by atoms with E-state index in [0.29, 0.717) is 31.7 Å². The van der Waals surface area contributed by atoms with E-state index in [0.717, 1.165) is 27.3 Å². The van der Waals surface area contributed by atoms with E-state index in [1.165, 1.54) is 0 Å². The summed E-state index contributed by atoms with van der Waals surface area (Å²) in [5, 5.41) is 16.5. The predicted molar refractivity (Wildman–Crippen MR) is 107 cm³/mol. The summed E-state index contributed by atoms with van der Waals surface area (Å²) in [4.78, 5) is 16.3. The van der Waals surface area contributed by atoms with Crippen molar-refractivity contribution >= 4 is 17.2 Å². The first kappa shape index (κ1) is 17.9. The molecule has 1 aliphatic rings. The predicted octanol–water partition coefficient (Wildman–Crippen LogP) is 4.02. The molecule has 0 saturated carbocycles. The lowest BCUT2D eigenvalue weighted by molar-refractivity contribution is 0.0707. The molecule has 0 saturated heterocycles. The highest BCUT2D eigenvalue weighted by molar-refractivity contribution is 7.10. The number of carbonyl (C=O) groups excluding carboxylic acids is 1. The van der Waals surface area contributed by atoms with Gasteiger partial charge in [-0.3, -0.25) is 9.48 Å². The fourth-order valence-corrected chi connectivity index (χ4v) is 4.44. The second kappa shape index (κ2) is 7.29. The molecule has 5 nitrogen and oxygen atoms in total. The summed E-state index contributed by atoms with van der Waals surface area (Å²) in [5.74, 6) is 0.0586. The molecule has 1 atom stereocenters. The van der Waals surface area contributed by atoms with Gasteiger partial charge in [0.25, 0.3) is 5.91 Å². The number of benzene rings is 1. The van der Waals surface area contributed by atoms with Crippen LogP contribution in [0.5, 0.6) is 0 Å². The van der Waals surface area contributed by atoms with E-state index in [1.807, 2.05) is 46.2 Å². The van der Waals surface area contributed by atoms with Gasteiger partial charge in [-0.1, -0.05) is 37.3 Å². The van der Waals surface area contributed by atoms with Crippen molar-refractivity contribution in [2.45, 2.75) is 39.5 Å². The lowest BCUT2D eigenvalue weighted by Crippen LogP contribution is -2.38. The minimum absolute atomic E-state index is 0.0586. The van der Waals surface area contributed by atoms with Crippen molar-refractivity contribution in [3.8, 4) is 11.1 Å². The van der Waals surface area contributed by atoms with Crippen LogP contribution in [0.2, 0.25) is 0 Å². The average Bonchev–Trinajstić information content (AvgIpc) is 3.30. The van der Waals surface area contributed by atoms with Gasteiger partial charge in [0.15, 0.2) is 0 Å². The van der Waals surface area contributed by atoms with Gasteiger partial charge in [-0.2, -0.15) is 5.10 Å². The van der Waals surface area contributed by atoms with E-state index in [1.54, 1.807) is 11.3 Å². The average molecular weight is 382 g/mol. The molecule has 3 heterocycles. The second-order valence-electron chi connectivity index (χ2n) is 6.88. The molecule has 0 aliphatic carbocycles. The molecule has 0 bridgehead atoms. The fourth-order valence-electron chi connectivity index (χ4n) is 3.58. The molecule has 27 heavy (non-hydrogen) atoms. The standard InChI is InChI=1S/C21H23N3O2S/c1-3-19(25)18-11-16-12-23(9-10-24(16)22-18)21(26)17-13-27-14(2)20(17)15-7-5-4-6-8-15/h4-8,11,13,19,25H,3,9-10,12H2,1-2H3/t19-/m0/s1. The van der Waals surface area contributed by atoms with Crippen LogP contribution in [0.1, 0.15) is 46.1 Å². The molecule has 1 N–H and O–H groups in total. The van der Waals surface area contributed by atoms with Crippen molar-refractivity contribution in [1.82, 2.24) is 14.7 Å². The third-order valence-corrected chi connectivity index (χ3v) is 6.01. The Bertz CT molecular complexity index is 961. The Morgan fingerprint density at radius 1 is 1.30 bits per heavy atom. The number of nitrogens with zero attached hydrogens (tertiary/aromatic N) is 3. The second-order valence-corrected chi connectivity index (χ2v) is 7.96. The molecule has 1 amide bonds. The number of fused-ring (bicyclic) bond motifs is 1. The zero-order valence-electron chi connectivity index (χ0n) is 15.6. The van der Waals surface area contributed by atoms with E-state index in [9.17, 15) is 9.90 Å². The van der Waals surface area contributed by atoms with E-state index < -0.39 is 6.10 Å². The van der Waals surface area contributed by atoms with Crippen LogP contribution in [-0.4, -0.2) is 32.2 Å².